The summed E-state index contributed by atoms with van der Waals surface area (Å²) in [4.78, 5) is 33.0. The molecule has 1 aliphatic carbocycles. The zero-order valence-corrected chi connectivity index (χ0v) is 18.7. The van der Waals surface area contributed by atoms with Crippen LogP contribution in [-0.2, 0) is 17.9 Å². The van der Waals surface area contributed by atoms with Crippen LogP contribution in [0.5, 0.6) is 0 Å². The fourth-order valence-corrected chi connectivity index (χ4v) is 5.02. The van der Waals surface area contributed by atoms with Gasteiger partial charge in [0.25, 0.3) is 0 Å². The molecule has 0 aromatic carbocycles. The zero-order chi connectivity index (χ0) is 21.0. The Hall–Kier alpha value is -1.69. The summed E-state index contributed by atoms with van der Waals surface area (Å²) in [6, 6.07) is 0. The first kappa shape index (κ1) is 22.0. The van der Waals surface area contributed by atoms with Crippen LogP contribution in [0.1, 0.15) is 93.1 Å². The normalized spacial score (nSPS) is 19.6. The molecule has 1 aliphatic heterocycles. The van der Waals surface area contributed by atoms with Crippen LogP contribution >= 0.6 is 0 Å². The number of nitrogens with zero attached hydrogens (tertiary/aromatic N) is 3. The minimum Gasteiger partial charge on any atom is -0.359 e. The number of fused-ring (bicyclic) bond motifs is 1. The third-order valence-electron chi connectivity index (χ3n) is 6.48. The molecule has 162 valence electrons. The van der Waals surface area contributed by atoms with Crippen LogP contribution in [-0.4, -0.2) is 46.8 Å². The summed E-state index contributed by atoms with van der Waals surface area (Å²) in [6.07, 6.45) is 8.21. The number of hydrogen-bond donors (Lipinski definition) is 1. The second kappa shape index (κ2) is 9.88. The summed E-state index contributed by atoms with van der Waals surface area (Å²) >= 11 is 0. The van der Waals surface area contributed by atoms with Crippen LogP contribution in [0.2, 0.25) is 0 Å². The van der Waals surface area contributed by atoms with Gasteiger partial charge in [0.05, 0.1) is 5.69 Å². The average Bonchev–Trinajstić information content (AvgIpc) is 2.94. The Labute approximate surface area is 175 Å². The van der Waals surface area contributed by atoms with Gasteiger partial charge in [0.15, 0.2) is 5.78 Å². The Morgan fingerprint density at radius 2 is 1.86 bits per heavy atom. The number of ketones is 1. The number of carbonyl (C=O) groups excluding carboxylic acids is 2. The molecule has 6 nitrogen and oxygen atoms in total. The summed E-state index contributed by atoms with van der Waals surface area (Å²) in [5, 5.41) is 2.74. The predicted molar refractivity (Wildman–Crippen MR) is 115 cm³/mol. The van der Waals surface area contributed by atoms with Crippen molar-refractivity contribution in [1.29, 1.82) is 0 Å². The largest absolute Gasteiger partial charge is 0.359 e. The van der Waals surface area contributed by atoms with E-state index in [9.17, 15) is 9.59 Å². The number of Topliss-reactive ketones (excluding diaryl/α,β-unsaturated/α-hetero) is 1. The van der Waals surface area contributed by atoms with E-state index in [1.807, 2.05) is 0 Å². The van der Waals surface area contributed by atoms with Crippen molar-refractivity contribution in [2.45, 2.75) is 84.2 Å². The fraction of sp³-hybridized carbons (Fsp3) is 0.783. The highest BCUT2D eigenvalue weighted by atomic mass is 16.2. The fourth-order valence-electron chi connectivity index (χ4n) is 5.02. The maximum Gasteiger partial charge on any atom is 0.223 e. The topological polar surface area (TPSA) is 67.2 Å². The predicted octanol–water partition coefficient (Wildman–Crippen LogP) is 3.75. The molecule has 1 aromatic heterocycles. The van der Waals surface area contributed by atoms with Crippen molar-refractivity contribution in [3.63, 3.8) is 0 Å². The second-order valence-corrected chi connectivity index (χ2v) is 9.41. The molecule has 0 unspecified atom stereocenters. The highest BCUT2D eigenvalue weighted by molar-refractivity contribution is 5.98. The molecule has 0 bridgehead atoms. The summed E-state index contributed by atoms with van der Waals surface area (Å²) in [5.41, 5.74) is 1.69. The number of hydrogen-bond acceptors (Lipinski definition) is 4. The van der Waals surface area contributed by atoms with Gasteiger partial charge < -0.3 is 14.8 Å². The molecule has 3 rings (SSSR count). The molecular formula is C23H38N4O2. The molecule has 29 heavy (non-hydrogen) atoms. The van der Waals surface area contributed by atoms with Crippen molar-refractivity contribution < 1.29 is 9.59 Å². The molecule has 1 fully saturated rings. The van der Waals surface area contributed by atoms with Crippen LogP contribution in [0, 0.1) is 11.8 Å². The zero-order valence-electron chi connectivity index (χ0n) is 18.7. The lowest BCUT2D eigenvalue weighted by molar-refractivity contribution is -0.124. The molecular weight excluding hydrogens is 364 g/mol. The van der Waals surface area contributed by atoms with E-state index in [1.165, 1.54) is 32.1 Å². The third-order valence-corrected chi connectivity index (χ3v) is 6.48. The molecule has 1 amide bonds. The van der Waals surface area contributed by atoms with Crippen LogP contribution in [0.4, 0.5) is 0 Å². The highest BCUT2D eigenvalue weighted by Gasteiger charge is 2.31. The molecule has 0 spiro atoms. The number of nitrogens with one attached hydrogen (secondary N) is 1. The first-order valence-corrected chi connectivity index (χ1v) is 11.4. The summed E-state index contributed by atoms with van der Waals surface area (Å²) in [7, 11) is 3.77. The second-order valence-electron chi connectivity index (χ2n) is 9.41. The van der Waals surface area contributed by atoms with Gasteiger partial charge in [-0.2, -0.15) is 0 Å². The lowest BCUT2D eigenvalue weighted by Gasteiger charge is -2.22. The number of aromatic nitrogens is 2. The van der Waals surface area contributed by atoms with Gasteiger partial charge >= 0.3 is 0 Å². The summed E-state index contributed by atoms with van der Waals surface area (Å²) in [6.45, 7) is 6.93. The molecule has 0 saturated heterocycles. The first-order valence-electron chi connectivity index (χ1n) is 11.4. The molecule has 2 aliphatic rings. The SMILES string of the molecule is CNC(=O)[C@@H](CC(=O)c1nc(C2CCCCC2)n2c1CN(C)CCC2)CC(C)C. The van der Waals surface area contributed by atoms with Crippen LogP contribution in [0.3, 0.4) is 0 Å². The number of imidazole rings is 1. The van der Waals surface area contributed by atoms with Gasteiger partial charge in [-0.05, 0) is 45.2 Å². The number of amides is 1. The van der Waals surface area contributed by atoms with Crippen molar-refractivity contribution in [3.05, 3.63) is 17.2 Å². The molecule has 2 heterocycles. The van der Waals surface area contributed by atoms with Gasteiger partial charge in [-0.15, -0.1) is 0 Å². The summed E-state index contributed by atoms with van der Waals surface area (Å²) in [5.74, 6) is 1.67. The molecule has 1 atom stereocenters. The Morgan fingerprint density at radius 1 is 1.14 bits per heavy atom. The van der Waals surface area contributed by atoms with Gasteiger partial charge in [0.2, 0.25) is 5.91 Å². The van der Waals surface area contributed by atoms with Crippen LogP contribution in [0.25, 0.3) is 0 Å². The number of carbonyl (C=O) groups is 2. The molecule has 1 saturated carbocycles. The Balaban J connectivity index is 1.91. The van der Waals surface area contributed by atoms with E-state index in [-0.39, 0.29) is 24.0 Å². The van der Waals surface area contributed by atoms with E-state index >= 15 is 0 Å². The van der Waals surface area contributed by atoms with E-state index < -0.39 is 0 Å². The quantitative estimate of drug-likeness (QED) is 0.706. The van der Waals surface area contributed by atoms with Crippen LogP contribution < -0.4 is 5.32 Å². The average molecular weight is 403 g/mol. The van der Waals surface area contributed by atoms with E-state index in [4.69, 9.17) is 4.98 Å². The maximum absolute atomic E-state index is 13.4. The molecule has 0 radical (unpaired) electrons. The van der Waals surface area contributed by atoms with Crippen molar-refractivity contribution in [3.8, 4) is 0 Å². The molecule has 1 aromatic rings. The van der Waals surface area contributed by atoms with Gasteiger partial charge in [-0.1, -0.05) is 33.1 Å². The smallest absolute Gasteiger partial charge is 0.223 e. The van der Waals surface area contributed by atoms with Crippen molar-refractivity contribution in [2.24, 2.45) is 11.8 Å². The molecule has 6 heteroatoms. The highest BCUT2D eigenvalue weighted by Crippen LogP contribution is 2.34. The van der Waals surface area contributed by atoms with E-state index in [2.05, 4.69) is 35.7 Å². The third kappa shape index (κ3) is 5.27. The Bertz CT molecular complexity index is 719. The van der Waals surface area contributed by atoms with Crippen LogP contribution in [0.15, 0.2) is 0 Å². The minimum atomic E-state index is -0.286. The molecule has 1 N–H and O–H groups in total. The minimum absolute atomic E-state index is 0.0281. The first-order chi connectivity index (χ1) is 13.9. The maximum atomic E-state index is 13.4. The van der Waals surface area contributed by atoms with Crippen molar-refractivity contribution in [1.82, 2.24) is 19.8 Å². The lowest BCUT2D eigenvalue weighted by Crippen LogP contribution is -2.30. The van der Waals surface area contributed by atoms with E-state index in [0.29, 0.717) is 17.5 Å². The lowest BCUT2D eigenvalue weighted by atomic mass is 9.88. The van der Waals surface area contributed by atoms with Gasteiger partial charge in [-0.3, -0.25) is 9.59 Å². The van der Waals surface area contributed by atoms with Crippen molar-refractivity contribution in [2.75, 3.05) is 20.6 Å². The summed E-state index contributed by atoms with van der Waals surface area (Å²) < 4.78 is 2.35. The van der Waals surface area contributed by atoms with E-state index in [1.54, 1.807) is 7.05 Å². The Morgan fingerprint density at radius 3 is 2.52 bits per heavy atom. The van der Waals surface area contributed by atoms with E-state index in [0.717, 1.165) is 44.0 Å². The Kier molecular flexibility index (Phi) is 7.49. The number of rotatable bonds is 7. The van der Waals surface area contributed by atoms with Gasteiger partial charge in [-0.25, -0.2) is 4.98 Å². The standard InChI is InChI=1S/C23H38N4O2/c1-16(2)13-18(23(29)24-3)14-20(28)21-19-15-26(4)11-8-12-27(19)22(25-21)17-9-6-5-7-10-17/h16-18H,5-15H2,1-4H3,(H,24,29)/t18-/m1/s1. The van der Waals surface area contributed by atoms with Gasteiger partial charge in [0.1, 0.15) is 11.5 Å². The van der Waals surface area contributed by atoms with Crippen molar-refractivity contribution >= 4 is 11.7 Å². The monoisotopic (exact) mass is 402 g/mol. The van der Waals surface area contributed by atoms with Gasteiger partial charge in [0, 0.05) is 38.4 Å².